The Morgan fingerprint density at radius 3 is 2.45 bits per heavy atom. The number of aryl methyl sites for hydroxylation is 2. The summed E-state index contributed by atoms with van der Waals surface area (Å²) in [5.74, 6) is 2.39. The van der Waals surface area contributed by atoms with Gasteiger partial charge in [0, 0.05) is 14.1 Å². The van der Waals surface area contributed by atoms with Crippen LogP contribution in [-0.4, -0.2) is 26.8 Å². The maximum Gasteiger partial charge on any atom is 0.228 e. The molecule has 6 heteroatoms. The van der Waals surface area contributed by atoms with Gasteiger partial charge in [0.15, 0.2) is 5.75 Å². The Morgan fingerprint density at radius 2 is 1.95 bits per heavy atom. The van der Waals surface area contributed by atoms with Crippen LogP contribution in [0.15, 0.2) is 6.33 Å². The van der Waals surface area contributed by atoms with E-state index in [1.165, 1.54) is 6.33 Å². The van der Waals surface area contributed by atoms with Crippen molar-refractivity contribution in [3.8, 4) is 11.6 Å². The lowest BCUT2D eigenvalue weighted by molar-refractivity contribution is 0.444. The summed E-state index contributed by atoms with van der Waals surface area (Å²) in [7, 11) is 3.75. The Balaban J connectivity index is 2.48. The molecule has 0 aliphatic rings. The van der Waals surface area contributed by atoms with E-state index < -0.39 is 0 Å². The van der Waals surface area contributed by atoms with Crippen LogP contribution in [0.25, 0.3) is 0 Å². The Labute approximate surface area is 119 Å². The highest BCUT2D eigenvalue weighted by molar-refractivity contribution is 5.51. The first-order valence-electron chi connectivity index (χ1n) is 6.66. The first-order chi connectivity index (χ1) is 9.45. The van der Waals surface area contributed by atoms with Gasteiger partial charge in [-0.15, -0.1) is 0 Å². The van der Waals surface area contributed by atoms with Crippen molar-refractivity contribution in [3.05, 3.63) is 23.3 Å². The van der Waals surface area contributed by atoms with Gasteiger partial charge in [0.2, 0.25) is 5.88 Å². The Hall–Kier alpha value is -2.11. The SMILES string of the molecule is CNc1ncnc(Oc2c(C)nn(C)c2C)c1C(C)C. The lowest BCUT2D eigenvalue weighted by Crippen LogP contribution is -2.05. The zero-order chi connectivity index (χ0) is 14.9. The largest absolute Gasteiger partial charge is 0.435 e. The minimum absolute atomic E-state index is 0.255. The summed E-state index contributed by atoms with van der Waals surface area (Å²) in [5, 5.41) is 7.44. The summed E-state index contributed by atoms with van der Waals surface area (Å²) >= 11 is 0. The summed E-state index contributed by atoms with van der Waals surface area (Å²) in [5.41, 5.74) is 2.80. The van der Waals surface area contributed by atoms with Crippen LogP contribution in [0.3, 0.4) is 0 Å². The zero-order valence-electron chi connectivity index (χ0n) is 12.9. The molecule has 0 saturated carbocycles. The van der Waals surface area contributed by atoms with Gasteiger partial charge in [-0.3, -0.25) is 4.68 Å². The van der Waals surface area contributed by atoms with Crippen molar-refractivity contribution in [2.24, 2.45) is 7.05 Å². The number of hydrogen-bond acceptors (Lipinski definition) is 5. The van der Waals surface area contributed by atoms with Crippen molar-refractivity contribution in [2.45, 2.75) is 33.6 Å². The van der Waals surface area contributed by atoms with Gasteiger partial charge >= 0.3 is 0 Å². The quantitative estimate of drug-likeness (QED) is 0.929. The highest BCUT2D eigenvalue weighted by Crippen LogP contribution is 2.34. The molecule has 2 aromatic heterocycles. The van der Waals surface area contributed by atoms with Gasteiger partial charge < -0.3 is 10.1 Å². The third-order valence-electron chi connectivity index (χ3n) is 3.30. The average molecular weight is 275 g/mol. The fourth-order valence-corrected chi connectivity index (χ4v) is 2.18. The first-order valence-corrected chi connectivity index (χ1v) is 6.66. The van der Waals surface area contributed by atoms with Crippen LogP contribution >= 0.6 is 0 Å². The predicted octanol–water partition coefficient (Wildman–Crippen LogP) is 2.78. The van der Waals surface area contributed by atoms with E-state index in [4.69, 9.17) is 4.74 Å². The van der Waals surface area contributed by atoms with Crippen molar-refractivity contribution in [1.82, 2.24) is 19.7 Å². The van der Waals surface area contributed by atoms with Crippen LogP contribution in [0.5, 0.6) is 11.6 Å². The molecule has 0 bridgehead atoms. The number of anilines is 1. The van der Waals surface area contributed by atoms with E-state index in [0.29, 0.717) is 5.88 Å². The molecule has 0 amide bonds. The third kappa shape index (κ3) is 2.45. The minimum Gasteiger partial charge on any atom is -0.435 e. The molecule has 0 fully saturated rings. The van der Waals surface area contributed by atoms with Crippen LogP contribution in [0.4, 0.5) is 5.82 Å². The number of rotatable bonds is 4. The van der Waals surface area contributed by atoms with Crippen molar-refractivity contribution < 1.29 is 4.74 Å². The van der Waals surface area contributed by atoms with Crippen LogP contribution in [0, 0.1) is 13.8 Å². The summed E-state index contributed by atoms with van der Waals surface area (Å²) in [6, 6.07) is 0. The van der Waals surface area contributed by atoms with Gasteiger partial charge in [-0.05, 0) is 19.8 Å². The average Bonchev–Trinajstić information content (AvgIpc) is 2.64. The summed E-state index contributed by atoms with van der Waals surface area (Å²) in [4.78, 5) is 8.53. The molecule has 0 spiro atoms. The molecule has 1 N–H and O–H groups in total. The second-order valence-corrected chi connectivity index (χ2v) is 5.07. The minimum atomic E-state index is 0.255. The van der Waals surface area contributed by atoms with Crippen LogP contribution in [0.2, 0.25) is 0 Å². The van der Waals surface area contributed by atoms with E-state index in [2.05, 4.69) is 34.2 Å². The van der Waals surface area contributed by atoms with E-state index >= 15 is 0 Å². The summed E-state index contributed by atoms with van der Waals surface area (Å²) in [6.45, 7) is 8.09. The van der Waals surface area contributed by atoms with Gasteiger partial charge in [0.1, 0.15) is 17.8 Å². The van der Waals surface area contributed by atoms with E-state index in [1.807, 2.05) is 27.9 Å². The highest BCUT2D eigenvalue weighted by Gasteiger charge is 2.19. The molecule has 20 heavy (non-hydrogen) atoms. The molecule has 6 nitrogen and oxygen atoms in total. The number of ether oxygens (including phenoxy) is 1. The Morgan fingerprint density at radius 1 is 1.25 bits per heavy atom. The van der Waals surface area contributed by atoms with E-state index in [-0.39, 0.29) is 5.92 Å². The molecular formula is C14H21N5O. The van der Waals surface area contributed by atoms with Gasteiger partial charge in [-0.2, -0.15) is 5.10 Å². The smallest absolute Gasteiger partial charge is 0.228 e. The van der Waals surface area contributed by atoms with Gasteiger partial charge in [-0.25, -0.2) is 9.97 Å². The zero-order valence-corrected chi connectivity index (χ0v) is 12.9. The van der Waals surface area contributed by atoms with Crippen LogP contribution in [-0.2, 0) is 7.05 Å². The molecule has 2 aromatic rings. The number of aromatic nitrogens is 4. The van der Waals surface area contributed by atoms with Crippen LogP contribution < -0.4 is 10.1 Å². The maximum absolute atomic E-state index is 6.02. The third-order valence-corrected chi connectivity index (χ3v) is 3.30. The molecule has 0 aliphatic heterocycles. The monoisotopic (exact) mass is 275 g/mol. The summed E-state index contributed by atoms with van der Waals surface area (Å²) in [6.07, 6.45) is 1.51. The topological polar surface area (TPSA) is 64.9 Å². The first kappa shape index (κ1) is 14.3. The second kappa shape index (κ2) is 5.48. The molecule has 2 rings (SSSR count). The van der Waals surface area contributed by atoms with Crippen molar-refractivity contribution in [3.63, 3.8) is 0 Å². The van der Waals surface area contributed by atoms with Gasteiger partial charge in [-0.1, -0.05) is 13.8 Å². The molecular weight excluding hydrogens is 254 g/mol. The molecule has 2 heterocycles. The standard InChI is InChI=1S/C14H21N5O/c1-8(2)11-13(15-5)16-7-17-14(11)20-12-9(3)18-19(6)10(12)4/h7-8H,1-6H3,(H,15,16,17). The molecule has 0 atom stereocenters. The normalized spacial score (nSPS) is 10.9. The predicted molar refractivity (Wildman–Crippen MR) is 78.4 cm³/mol. The maximum atomic E-state index is 6.02. The lowest BCUT2D eigenvalue weighted by Gasteiger charge is -2.15. The fraction of sp³-hybridized carbons (Fsp3) is 0.500. The van der Waals surface area contributed by atoms with Crippen molar-refractivity contribution >= 4 is 5.82 Å². The van der Waals surface area contributed by atoms with Crippen LogP contribution in [0.1, 0.15) is 36.7 Å². The van der Waals surface area contributed by atoms with E-state index in [1.54, 1.807) is 4.68 Å². The molecule has 0 radical (unpaired) electrons. The van der Waals surface area contributed by atoms with Gasteiger partial charge in [0.25, 0.3) is 0 Å². The highest BCUT2D eigenvalue weighted by atomic mass is 16.5. The van der Waals surface area contributed by atoms with Crippen molar-refractivity contribution in [2.75, 3.05) is 12.4 Å². The fourth-order valence-electron chi connectivity index (χ4n) is 2.18. The number of nitrogens with zero attached hydrogens (tertiary/aromatic N) is 4. The number of hydrogen-bond donors (Lipinski definition) is 1. The second-order valence-electron chi connectivity index (χ2n) is 5.07. The molecule has 0 aliphatic carbocycles. The van der Waals surface area contributed by atoms with E-state index in [9.17, 15) is 0 Å². The molecule has 0 saturated heterocycles. The number of nitrogens with one attached hydrogen (secondary N) is 1. The Kier molecular flexibility index (Phi) is 3.92. The summed E-state index contributed by atoms with van der Waals surface area (Å²) < 4.78 is 7.83. The van der Waals surface area contributed by atoms with Gasteiger partial charge in [0.05, 0.1) is 11.3 Å². The lowest BCUT2D eigenvalue weighted by atomic mass is 10.1. The van der Waals surface area contributed by atoms with Crippen molar-refractivity contribution in [1.29, 1.82) is 0 Å². The molecule has 0 unspecified atom stereocenters. The molecule has 108 valence electrons. The Bertz CT molecular complexity index is 618. The van der Waals surface area contributed by atoms with E-state index in [0.717, 1.165) is 28.5 Å². The molecule has 0 aromatic carbocycles.